The summed E-state index contributed by atoms with van der Waals surface area (Å²) in [4.78, 5) is 7.35. The molecule has 0 saturated carbocycles. The van der Waals surface area contributed by atoms with Crippen LogP contribution in [0, 0.1) is 9.39 Å². The average molecular weight is 354 g/mol. The monoisotopic (exact) mass is 354 g/mol. The highest BCUT2D eigenvalue weighted by molar-refractivity contribution is 14.1. The standard InChI is InChI=1S/C13H8FIN2O/c14-7-1-3-10-11(5-7)17-13(16-10)9-6-8(15)2-4-12(9)18/h1-6,18H,(H,16,17). The third kappa shape index (κ3) is 1.94. The second-order valence-electron chi connectivity index (χ2n) is 3.91. The number of imidazole rings is 1. The number of hydrogen-bond acceptors (Lipinski definition) is 2. The number of fused-ring (bicyclic) bond motifs is 1. The quantitative estimate of drug-likeness (QED) is 0.655. The number of phenolic OH excluding ortho intramolecular Hbond substituents is 1. The molecule has 18 heavy (non-hydrogen) atoms. The van der Waals surface area contributed by atoms with Gasteiger partial charge in [0.2, 0.25) is 0 Å². The summed E-state index contributed by atoms with van der Waals surface area (Å²) in [6, 6.07) is 9.60. The van der Waals surface area contributed by atoms with Gasteiger partial charge < -0.3 is 10.1 Å². The molecule has 2 N–H and O–H groups in total. The molecule has 0 saturated heterocycles. The van der Waals surface area contributed by atoms with Gasteiger partial charge in [0.25, 0.3) is 0 Å². The Labute approximate surface area is 116 Å². The van der Waals surface area contributed by atoms with E-state index in [-0.39, 0.29) is 11.6 Å². The van der Waals surface area contributed by atoms with Crippen molar-refractivity contribution in [2.24, 2.45) is 0 Å². The van der Waals surface area contributed by atoms with Crippen LogP contribution in [-0.2, 0) is 0 Å². The minimum absolute atomic E-state index is 0.148. The van der Waals surface area contributed by atoms with E-state index in [1.54, 1.807) is 12.1 Å². The molecule has 0 unspecified atom stereocenters. The van der Waals surface area contributed by atoms with E-state index >= 15 is 0 Å². The van der Waals surface area contributed by atoms with Crippen molar-refractivity contribution < 1.29 is 9.50 Å². The predicted octanol–water partition coefficient (Wildman–Crippen LogP) is 3.68. The predicted molar refractivity (Wildman–Crippen MR) is 75.9 cm³/mol. The first-order valence-electron chi connectivity index (χ1n) is 5.27. The van der Waals surface area contributed by atoms with Crippen molar-refractivity contribution in [2.45, 2.75) is 0 Å². The van der Waals surface area contributed by atoms with Crippen LogP contribution >= 0.6 is 22.6 Å². The minimum atomic E-state index is -0.315. The van der Waals surface area contributed by atoms with Gasteiger partial charge in [-0.2, -0.15) is 0 Å². The van der Waals surface area contributed by atoms with Gasteiger partial charge in [0, 0.05) is 3.57 Å². The smallest absolute Gasteiger partial charge is 0.142 e. The molecule has 0 radical (unpaired) electrons. The molecule has 0 aliphatic carbocycles. The second kappa shape index (κ2) is 4.24. The summed E-state index contributed by atoms with van der Waals surface area (Å²) in [5.41, 5.74) is 1.89. The number of benzene rings is 2. The first-order chi connectivity index (χ1) is 8.63. The molecule has 1 heterocycles. The molecule has 3 aromatic rings. The molecule has 90 valence electrons. The highest BCUT2D eigenvalue weighted by Gasteiger charge is 2.10. The van der Waals surface area contributed by atoms with Crippen LogP contribution < -0.4 is 0 Å². The van der Waals surface area contributed by atoms with Crippen molar-refractivity contribution in [2.75, 3.05) is 0 Å². The normalized spacial score (nSPS) is 11.0. The van der Waals surface area contributed by atoms with E-state index in [1.807, 2.05) is 12.1 Å². The summed E-state index contributed by atoms with van der Waals surface area (Å²) < 4.78 is 14.1. The largest absolute Gasteiger partial charge is 0.507 e. The fraction of sp³-hybridized carbons (Fsp3) is 0. The Bertz CT molecular complexity index is 739. The van der Waals surface area contributed by atoms with Gasteiger partial charge in [-0.05, 0) is 59.0 Å². The van der Waals surface area contributed by atoms with Gasteiger partial charge in [0.15, 0.2) is 0 Å². The summed E-state index contributed by atoms with van der Waals surface area (Å²) in [6.45, 7) is 0. The van der Waals surface area contributed by atoms with Crippen LogP contribution in [0.2, 0.25) is 0 Å². The number of nitrogens with one attached hydrogen (secondary N) is 1. The van der Waals surface area contributed by atoms with E-state index in [0.717, 1.165) is 3.57 Å². The van der Waals surface area contributed by atoms with Crippen molar-refractivity contribution in [1.29, 1.82) is 0 Å². The Kier molecular flexibility index (Phi) is 2.70. The fourth-order valence-corrected chi connectivity index (χ4v) is 2.30. The molecule has 5 heteroatoms. The third-order valence-corrected chi connectivity index (χ3v) is 3.33. The number of aromatic amines is 1. The summed E-state index contributed by atoms with van der Waals surface area (Å²) >= 11 is 2.16. The topological polar surface area (TPSA) is 48.9 Å². The lowest BCUT2D eigenvalue weighted by Crippen LogP contribution is -1.83. The van der Waals surface area contributed by atoms with E-state index in [1.165, 1.54) is 12.1 Å². The second-order valence-corrected chi connectivity index (χ2v) is 5.15. The zero-order valence-corrected chi connectivity index (χ0v) is 11.3. The molecule has 0 aliphatic heterocycles. The van der Waals surface area contributed by atoms with Gasteiger partial charge in [-0.3, -0.25) is 0 Å². The number of H-pyrrole nitrogens is 1. The number of aromatic nitrogens is 2. The zero-order valence-electron chi connectivity index (χ0n) is 9.11. The van der Waals surface area contributed by atoms with Crippen LogP contribution in [0.3, 0.4) is 0 Å². The Hall–Kier alpha value is -1.63. The van der Waals surface area contributed by atoms with Crippen LogP contribution in [-0.4, -0.2) is 15.1 Å². The molecular formula is C13H8FIN2O. The Morgan fingerprint density at radius 3 is 2.83 bits per heavy atom. The molecule has 0 atom stereocenters. The number of phenols is 1. The molecule has 0 aliphatic rings. The number of hydrogen-bond donors (Lipinski definition) is 2. The maximum Gasteiger partial charge on any atom is 0.142 e. The van der Waals surface area contributed by atoms with E-state index in [2.05, 4.69) is 32.6 Å². The number of rotatable bonds is 1. The third-order valence-electron chi connectivity index (χ3n) is 2.66. The van der Waals surface area contributed by atoms with Crippen LogP contribution in [0.15, 0.2) is 36.4 Å². The SMILES string of the molecule is Oc1ccc(I)cc1-c1nc2ccc(F)cc2[nH]1. The van der Waals surface area contributed by atoms with Crippen molar-refractivity contribution >= 4 is 33.6 Å². The molecule has 0 bridgehead atoms. The maximum atomic E-state index is 13.1. The summed E-state index contributed by atoms with van der Waals surface area (Å²) in [6.07, 6.45) is 0. The van der Waals surface area contributed by atoms with E-state index in [9.17, 15) is 9.50 Å². The first-order valence-corrected chi connectivity index (χ1v) is 6.35. The summed E-state index contributed by atoms with van der Waals surface area (Å²) in [5.74, 6) is 0.367. The van der Waals surface area contributed by atoms with Crippen LogP contribution in [0.4, 0.5) is 4.39 Å². The lowest BCUT2D eigenvalue weighted by atomic mass is 10.2. The summed E-state index contributed by atoms with van der Waals surface area (Å²) in [7, 11) is 0. The number of aromatic hydroxyl groups is 1. The van der Waals surface area contributed by atoms with Gasteiger partial charge in [0.05, 0.1) is 16.6 Å². The molecule has 3 rings (SSSR count). The Morgan fingerprint density at radius 1 is 1.17 bits per heavy atom. The highest BCUT2D eigenvalue weighted by atomic mass is 127. The lowest BCUT2D eigenvalue weighted by Gasteiger charge is -2.01. The Balaban J connectivity index is 2.22. The highest BCUT2D eigenvalue weighted by Crippen LogP contribution is 2.30. The minimum Gasteiger partial charge on any atom is -0.507 e. The van der Waals surface area contributed by atoms with Crippen molar-refractivity contribution in [3.8, 4) is 17.1 Å². The van der Waals surface area contributed by atoms with Gasteiger partial charge in [-0.25, -0.2) is 9.37 Å². The van der Waals surface area contributed by atoms with Gasteiger partial charge >= 0.3 is 0 Å². The van der Waals surface area contributed by atoms with Crippen molar-refractivity contribution in [1.82, 2.24) is 9.97 Å². The molecule has 0 spiro atoms. The van der Waals surface area contributed by atoms with Gasteiger partial charge in [-0.15, -0.1) is 0 Å². The van der Waals surface area contributed by atoms with Crippen LogP contribution in [0.25, 0.3) is 22.4 Å². The van der Waals surface area contributed by atoms with Gasteiger partial charge in [-0.1, -0.05) is 0 Å². The molecule has 0 fully saturated rings. The van der Waals surface area contributed by atoms with Crippen molar-refractivity contribution in [3.63, 3.8) is 0 Å². The Morgan fingerprint density at radius 2 is 2.00 bits per heavy atom. The lowest BCUT2D eigenvalue weighted by molar-refractivity contribution is 0.477. The summed E-state index contributed by atoms with van der Waals surface area (Å²) in [5, 5.41) is 9.83. The molecular weight excluding hydrogens is 346 g/mol. The van der Waals surface area contributed by atoms with Crippen molar-refractivity contribution in [3.05, 3.63) is 45.8 Å². The molecule has 2 aromatic carbocycles. The molecule has 3 nitrogen and oxygen atoms in total. The first kappa shape index (κ1) is 11.5. The zero-order chi connectivity index (χ0) is 12.7. The average Bonchev–Trinajstić information content (AvgIpc) is 2.74. The van der Waals surface area contributed by atoms with E-state index < -0.39 is 0 Å². The fourth-order valence-electron chi connectivity index (χ4n) is 1.81. The maximum absolute atomic E-state index is 13.1. The number of halogens is 2. The molecule has 1 aromatic heterocycles. The van der Waals surface area contributed by atoms with Gasteiger partial charge in [0.1, 0.15) is 17.4 Å². The van der Waals surface area contributed by atoms with Crippen LogP contribution in [0.5, 0.6) is 5.75 Å². The van der Waals surface area contributed by atoms with E-state index in [0.29, 0.717) is 22.4 Å². The molecule has 0 amide bonds. The van der Waals surface area contributed by atoms with Crippen LogP contribution in [0.1, 0.15) is 0 Å². The number of nitrogens with zero attached hydrogens (tertiary/aromatic N) is 1. The van der Waals surface area contributed by atoms with E-state index in [4.69, 9.17) is 0 Å².